The lowest BCUT2D eigenvalue weighted by molar-refractivity contribution is -0.119. The molecule has 6 nitrogen and oxygen atoms in total. The summed E-state index contributed by atoms with van der Waals surface area (Å²) in [5, 5.41) is 4.00. The van der Waals surface area contributed by atoms with Crippen molar-refractivity contribution < 1.29 is 9.53 Å². The van der Waals surface area contributed by atoms with Crippen molar-refractivity contribution in [3.63, 3.8) is 0 Å². The molecule has 1 heterocycles. The Morgan fingerprint density at radius 2 is 2.04 bits per heavy atom. The van der Waals surface area contributed by atoms with Crippen LogP contribution in [0.2, 0.25) is 0 Å². The van der Waals surface area contributed by atoms with Crippen molar-refractivity contribution in [1.82, 2.24) is 14.9 Å². The van der Waals surface area contributed by atoms with Crippen LogP contribution in [0.1, 0.15) is 26.8 Å². The van der Waals surface area contributed by atoms with E-state index in [-0.39, 0.29) is 29.3 Å². The predicted octanol–water partition coefficient (Wildman–Crippen LogP) is 2.22. The minimum absolute atomic E-state index is 0.0346. The van der Waals surface area contributed by atoms with E-state index in [1.807, 2.05) is 39.0 Å². The van der Waals surface area contributed by atoms with Crippen molar-refractivity contribution in [2.45, 2.75) is 38.0 Å². The molecule has 1 atom stereocenters. The number of hydrogen-bond acceptors (Lipinski definition) is 5. The second-order valence-corrected chi connectivity index (χ2v) is 6.84. The van der Waals surface area contributed by atoms with Gasteiger partial charge in [0.2, 0.25) is 5.91 Å². The van der Waals surface area contributed by atoms with Gasteiger partial charge in [0.05, 0.1) is 23.3 Å². The maximum atomic E-state index is 12.7. The highest BCUT2D eigenvalue weighted by Crippen LogP contribution is 2.20. The quantitative estimate of drug-likeness (QED) is 0.613. The molecule has 0 saturated heterocycles. The smallest absolute Gasteiger partial charge is 0.262 e. The van der Waals surface area contributed by atoms with Gasteiger partial charge in [-0.15, -0.1) is 0 Å². The molecule has 24 heavy (non-hydrogen) atoms. The number of methoxy groups -OCH3 is 1. The number of ether oxygens (including phenoxy) is 1. The molecule has 0 aliphatic carbocycles. The normalized spacial score (nSPS) is 12.5. The summed E-state index contributed by atoms with van der Waals surface area (Å²) in [5.74, 6) is 0.0909. The second-order valence-electron chi connectivity index (χ2n) is 5.89. The zero-order valence-electron chi connectivity index (χ0n) is 14.4. The van der Waals surface area contributed by atoms with Gasteiger partial charge in [0.25, 0.3) is 5.56 Å². The van der Waals surface area contributed by atoms with Crippen LogP contribution in [0.5, 0.6) is 0 Å². The monoisotopic (exact) mass is 349 g/mol. The van der Waals surface area contributed by atoms with Crippen molar-refractivity contribution in [3.05, 3.63) is 34.6 Å². The average Bonchev–Trinajstić information content (AvgIpc) is 2.52. The van der Waals surface area contributed by atoms with E-state index < -0.39 is 0 Å². The molecular weight excluding hydrogens is 326 g/mol. The minimum atomic E-state index is -0.109. The van der Waals surface area contributed by atoms with Gasteiger partial charge < -0.3 is 10.1 Å². The highest BCUT2D eigenvalue weighted by Gasteiger charge is 2.15. The Bertz CT molecular complexity index is 773. The summed E-state index contributed by atoms with van der Waals surface area (Å²) in [7, 11) is 1.59. The fourth-order valence-electron chi connectivity index (χ4n) is 2.42. The number of benzene rings is 1. The Labute approximate surface area is 145 Å². The van der Waals surface area contributed by atoms with Gasteiger partial charge in [-0.05, 0) is 32.9 Å². The highest BCUT2D eigenvalue weighted by molar-refractivity contribution is 7.99. The number of carbonyl (C=O) groups is 1. The maximum absolute atomic E-state index is 12.7. The third kappa shape index (κ3) is 4.36. The van der Waals surface area contributed by atoms with Crippen molar-refractivity contribution in [2.75, 3.05) is 19.5 Å². The summed E-state index contributed by atoms with van der Waals surface area (Å²) in [5.41, 5.74) is 0.571. The van der Waals surface area contributed by atoms with Gasteiger partial charge in [-0.2, -0.15) is 0 Å². The van der Waals surface area contributed by atoms with Crippen LogP contribution in [0.3, 0.4) is 0 Å². The Hall–Kier alpha value is -1.86. The fourth-order valence-corrected chi connectivity index (χ4v) is 3.36. The number of rotatable bonds is 7. The number of carbonyl (C=O) groups excluding carboxylic acids is 1. The molecule has 1 unspecified atom stereocenters. The predicted molar refractivity (Wildman–Crippen MR) is 96.6 cm³/mol. The molecule has 2 aromatic rings. The molecule has 0 fully saturated rings. The van der Waals surface area contributed by atoms with Gasteiger partial charge in [-0.1, -0.05) is 23.9 Å². The van der Waals surface area contributed by atoms with Gasteiger partial charge in [-0.3, -0.25) is 14.2 Å². The summed E-state index contributed by atoms with van der Waals surface area (Å²) in [6.45, 7) is 6.21. The Morgan fingerprint density at radius 1 is 1.33 bits per heavy atom. The molecular formula is C17H23N3O3S. The molecule has 0 radical (unpaired) electrons. The second kappa shape index (κ2) is 8.30. The van der Waals surface area contributed by atoms with Gasteiger partial charge in [0, 0.05) is 19.2 Å². The lowest BCUT2D eigenvalue weighted by atomic mass is 10.2. The van der Waals surface area contributed by atoms with Crippen LogP contribution in [0.25, 0.3) is 10.9 Å². The first-order chi connectivity index (χ1) is 11.4. The molecule has 1 aromatic heterocycles. The third-order valence-corrected chi connectivity index (χ3v) is 4.40. The van der Waals surface area contributed by atoms with Crippen molar-refractivity contribution in [3.8, 4) is 0 Å². The van der Waals surface area contributed by atoms with Crippen LogP contribution < -0.4 is 10.9 Å². The van der Waals surface area contributed by atoms with Crippen molar-refractivity contribution in [2.24, 2.45) is 0 Å². The Morgan fingerprint density at radius 3 is 2.71 bits per heavy atom. The molecule has 7 heteroatoms. The number of fused-ring (bicyclic) bond motifs is 1. The molecule has 2 rings (SSSR count). The molecule has 0 bridgehead atoms. The lowest BCUT2D eigenvalue weighted by Crippen LogP contribution is -2.37. The molecule has 1 N–H and O–H groups in total. The largest absolute Gasteiger partial charge is 0.383 e. The zero-order chi connectivity index (χ0) is 17.7. The van der Waals surface area contributed by atoms with E-state index in [9.17, 15) is 9.59 Å². The first-order valence-corrected chi connectivity index (χ1v) is 8.85. The summed E-state index contributed by atoms with van der Waals surface area (Å²) >= 11 is 1.27. The Balaban J connectivity index is 2.23. The summed E-state index contributed by atoms with van der Waals surface area (Å²) in [6, 6.07) is 7.17. The molecule has 0 saturated carbocycles. The summed E-state index contributed by atoms with van der Waals surface area (Å²) in [4.78, 5) is 29.3. The van der Waals surface area contributed by atoms with Crippen LogP contribution in [0, 0.1) is 0 Å². The summed E-state index contributed by atoms with van der Waals surface area (Å²) < 4.78 is 6.64. The number of amides is 1. The van der Waals surface area contributed by atoms with Gasteiger partial charge in [0.15, 0.2) is 5.16 Å². The molecule has 1 amide bonds. The van der Waals surface area contributed by atoms with Crippen LogP contribution >= 0.6 is 11.8 Å². The average molecular weight is 349 g/mol. The number of nitrogens with one attached hydrogen (secondary N) is 1. The first kappa shape index (κ1) is 18.5. The number of aromatic nitrogens is 2. The van der Waals surface area contributed by atoms with Gasteiger partial charge >= 0.3 is 0 Å². The van der Waals surface area contributed by atoms with E-state index in [2.05, 4.69) is 10.3 Å². The van der Waals surface area contributed by atoms with Crippen LogP contribution in [0.15, 0.2) is 34.2 Å². The van der Waals surface area contributed by atoms with Crippen LogP contribution in [0.4, 0.5) is 0 Å². The van der Waals surface area contributed by atoms with Gasteiger partial charge in [-0.25, -0.2) is 4.98 Å². The third-order valence-electron chi connectivity index (χ3n) is 3.45. The van der Waals surface area contributed by atoms with Crippen LogP contribution in [-0.2, 0) is 9.53 Å². The minimum Gasteiger partial charge on any atom is -0.383 e. The summed E-state index contributed by atoms with van der Waals surface area (Å²) in [6.07, 6.45) is 0. The SMILES string of the molecule is COCC(C)NC(=O)CSc1nc2ccccc2c(=O)n1C(C)C. The van der Waals surface area contributed by atoms with E-state index in [4.69, 9.17) is 4.74 Å². The molecule has 0 aliphatic rings. The topological polar surface area (TPSA) is 73.2 Å². The molecule has 1 aromatic carbocycles. The molecule has 130 valence electrons. The van der Waals surface area contributed by atoms with Crippen LogP contribution in [-0.4, -0.2) is 41.0 Å². The Kier molecular flexibility index (Phi) is 6.39. The molecule has 0 aliphatic heterocycles. The standard InChI is InChI=1S/C17H23N3O3S/c1-11(2)20-16(22)13-7-5-6-8-14(13)19-17(20)24-10-15(21)18-12(3)9-23-4/h5-8,11-12H,9-10H2,1-4H3,(H,18,21). The number of nitrogens with zero attached hydrogens (tertiary/aromatic N) is 2. The van der Waals surface area contributed by atoms with Crippen molar-refractivity contribution >= 4 is 28.6 Å². The maximum Gasteiger partial charge on any atom is 0.262 e. The highest BCUT2D eigenvalue weighted by atomic mass is 32.2. The van der Waals surface area contributed by atoms with E-state index in [0.717, 1.165) is 0 Å². The number of hydrogen-bond donors (Lipinski definition) is 1. The van der Waals surface area contributed by atoms with Gasteiger partial charge in [0.1, 0.15) is 0 Å². The fraction of sp³-hybridized carbons (Fsp3) is 0.471. The zero-order valence-corrected chi connectivity index (χ0v) is 15.2. The van der Waals surface area contributed by atoms with E-state index >= 15 is 0 Å². The number of thioether (sulfide) groups is 1. The lowest BCUT2D eigenvalue weighted by Gasteiger charge is -2.16. The molecule has 0 spiro atoms. The van der Waals surface area contributed by atoms with Crippen molar-refractivity contribution in [1.29, 1.82) is 0 Å². The van der Waals surface area contributed by atoms with E-state index in [0.29, 0.717) is 22.7 Å². The number of para-hydroxylation sites is 1. The first-order valence-electron chi connectivity index (χ1n) is 7.86. The van der Waals surface area contributed by atoms with E-state index in [1.54, 1.807) is 17.7 Å². The van der Waals surface area contributed by atoms with E-state index in [1.165, 1.54) is 11.8 Å².